The van der Waals surface area contributed by atoms with Gasteiger partial charge in [-0.2, -0.15) is 5.10 Å². The highest BCUT2D eigenvalue weighted by molar-refractivity contribution is 6.17. The summed E-state index contributed by atoms with van der Waals surface area (Å²) in [6.07, 6.45) is 0. The molecule has 1 aromatic carbocycles. The lowest BCUT2D eigenvalue weighted by Crippen LogP contribution is -2.13. The number of nitrogens with zero attached hydrogens (tertiary/aromatic N) is 1. The zero-order valence-electron chi connectivity index (χ0n) is 10.2. The molecule has 0 saturated carbocycles. The molecule has 1 aromatic heterocycles. The predicted octanol–water partition coefficient (Wildman–Crippen LogP) is 2.49. The summed E-state index contributed by atoms with van der Waals surface area (Å²) in [6, 6.07) is 7.42. The highest BCUT2D eigenvalue weighted by Gasteiger charge is 2.06. The number of hydrogen-bond donors (Lipinski definition) is 1. The van der Waals surface area contributed by atoms with Gasteiger partial charge in [-0.1, -0.05) is 0 Å². The van der Waals surface area contributed by atoms with Crippen LogP contribution in [0.4, 0.5) is 0 Å². The molecule has 0 unspecified atom stereocenters. The van der Waals surface area contributed by atoms with E-state index in [2.05, 4.69) is 10.2 Å². The molecule has 0 aliphatic rings. The number of benzene rings is 1. The number of ether oxygens (including phenoxy) is 1. The van der Waals surface area contributed by atoms with Crippen molar-refractivity contribution in [2.45, 2.75) is 12.8 Å². The Hall–Kier alpha value is -1.81. The summed E-state index contributed by atoms with van der Waals surface area (Å²) < 4.78 is 5.20. The highest BCUT2D eigenvalue weighted by Crippen LogP contribution is 2.24. The maximum atomic E-state index is 11.4. The molecule has 4 nitrogen and oxygen atoms in total. The Bertz CT molecular complexity index is 623. The van der Waals surface area contributed by atoms with Gasteiger partial charge in [0.1, 0.15) is 5.75 Å². The third-order valence-corrected chi connectivity index (χ3v) is 3.00. The van der Waals surface area contributed by atoms with Gasteiger partial charge in [0.05, 0.1) is 18.7 Å². The van der Waals surface area contributed by atoms with E-state index in [9.17, 15) is 4.79 Å². The molecule has 18 heavy (non-hydrogen) atoms. The quantitative estimate of drug-likeness (QED) is 0.867. The van der Waals surface area contributed by atoms with E-state index in [0.717, 1.165) is 16.9 Å². The van der Waals surface area contributed by atoms with Crippen LogP contribution >= 0.6 is 11.6 Å². The van der Waals surface area contributed by atoms with Crippen LogP contribution in [-0.2, 0) is 5.88 Å². The summed E-state index contributed by atoms with van der Waals surface area (Å²) in [5.41, 5.74) is 2.87. The van der Waals surface area contributed by atoms with Crippen LogP contribution in [0.15, 0.2) is 29.1 Å². The maximum absolute atomic E-state index is 11.4. The Kier molecular flexibility index (Phi) is 3.67. The minimum atomic E-state index is -0.251. The van der Waals surface area contributed by atoms with E-state index in [-0.39, 0.29) is 11.4 Å². The van der Waals surface area contributed by atoms with Crippen LogP contribution in [-0.4, -0.2) is 17.3 Å². The Morgan fingerprint density at radius 2 is 2.17 bits per heavy atom. The number of nitrogens with one attached hydrogen (secondary N) is 1. The van der Waals surface area contributed by atoms with E-state index < -0.39 is 0 Å². The Balaban J connectivity index is 2.48. The Labute approximate surface area is 110 Å². The van der Waals surface area contributed by atoms with E-state index >= 15 is 0 Å². The van der Waals surface area contributed by atoms with Crippen molar-refractivity contribution in [2.75, 3.05) is 7.11 Å². The molecule has 2 aromatic rings. The maximum Gasteiger partial charge on any atom is 0.268 e. The average Bonchev–Trinajstić information content (AvgIpc) is 2.39. The Morgan fingerprint density at radius 3 is 2.78 bits per heavy atom. The van der Waals surface area contributed by atoms with E-state index in [1.165, 1.54) is 0 Å². The molecule has 5 heteroatoms. The normalized spacial score (nSPS) is 10.4. The molecule has 1 heterocycles. The molecule has 0 radical (unpaired) electrons. The highest BCUT2D eigenvalue weighted by atomic mass is 35.5. The van der Waals surface area contributed by atoms with Crippen molar-refractivity contribution in [1.29, 1.82) is 0 Å². The topological polar surface area (TPSA) is 55.0 Å². The van der Waals surface area contributed by atoms with Crippen molar-refractivity contribution in [3.8, 4) is 17.0 Å². The van der Waals surface area contributed by atoms with E-state index in [4.69, 9.17) is 16.3 Å². The first-order valence-electron chi connectivity index (χ1n) is 5.45. The molecule has 2 rings (SSSR count). The molecule has 0 saturated heterocycles. The van der Waals surface area contributed by atoms with Crippen molar-refractivity contribution < 1.29 is 4.74 Å². The molecule has 0 fully saturated rings. The zero-order chi connectivity index (χ0) is 13.1. The lowest BCUT2D eigenvalue weighted by Gasteiger charge is -2.07. The summed E-state index contributed by atoms with van der Waals surface area (Å²) in [5.74, 6) is 0.987. The SMILES string of the molecule is COc1ccc(-c2cc(CCl)c(=O)[nH]n2)cc1C. The minimum Gasteiger partial charge on any atom is -0.496 e. The summed E-state index contributed by atoms with van der Waals surface area (Å²) in [6.45, 7) is 1.95. The first-order chi connectivity index (χ1) is 8.65. The lowest BCUT2D eigenvalue weighted by atomic mass is 10.1. The molecule has 94 valence electrons. The van der Waals surface area contributed by atoms with Crippen LogP contribution in [0.2, 0.25) is 0 Å². The van der Waals surface area contributed by atoms with E-state index in [0.29, 0.717) is 11.3 Å². The first-order valence-corrected chi connectivity index (χ1v) is 5.98. The summed E-state index contributed by atoms with van der Waals surface area (Å²) in [5, 5.41) is 6.46. The van der Waals surface area contributed by atoms with Crippen LogP contribution in [0.5, 0.6) is 5.75 Å². The second kappa shape index (κ2) is 5.23. The largest absolute Gasteiger partial charge is 0.496 e. The fraction of sp³-hybridized carbons (Fsp3) is 0.231. The van der Waals surface area contributed by atoms with Gasteiger partial charge >= 0.3 is 0 Å². The number of hydrogen-bond acceptors (Lipinski definition) is 3. The average molecular weight is 265 g/mol. The fourth-order valence-corrected chi connectivity index (χ4v) is 1.93. The number of methoxy groups -OCH3 is 1. The molecule has 0 amide bonds. The molecule has 0 atom stereocenters. The molecular formula is C13H13ClN2O2. The van der Waals surface area contributed by atoms with Gasteiger partial charge in [0.25, 0.3) is 5.56 Å². The fourth-order valence-electron chi connectivity index (χ4n) is 1.73. The van der Waals surface area contributed by atoms with Crippen molar-refractivity contribution in [3.63, 3.8) is 0 Å². The molecule has 0 aliphatic heterocycles. The number of aromatic nitrogens is 2. The number of alkyl halides is 1. The van der Waals surface area contributed by atoms with Gasteiger partial charge in [-0.15, -0.1) is 11.6 Å². The lowest BCUT2D eigenvalue weighted by molar-refractivity contribution is 0.412. The number of aryl methyl sites for hydroxylation is 1. The van der Waals surface area contributed by atoms with Gasteiger partial charge in [0, 0.05) is 11.1 Å². The van der Waals surface area contributed by atoms with Crippen molar-refractivity contribution >= 4 is 11.6 Å². The molecule has 0 aliphatic carbocycles. The van der Waals surface area contributed by atoms with Crippen LogP contribution in [0, 0.1) is 6.92 Å². The van der Waals surface area contributed by atoms with Gasteiger partial charge in [0.2, 0.25) is 0 Å². The molecule has 0 bridgehead atoms. The van der Waals surface area contributed by atoms with Crippen molar-refractivity contribution in [2.24, 2.45) is 0 Å². The van der Waals surface area contributed by atoms with Gasteiger partial charge in [-0.3, -0.25) is 4.79 Å². The second-order valence-corrected chi connectivity index (χ2v) is 4.19. The van der Waals surface area contributed by atoms with Crippen molar-refractivity contribution in [1.82, 2.24) is 10.2 Å². The number of aromatic amines is 1. The number of H-pyrrole nitrogens is 1. The predicted molar refractivity (Wildman–Crippen MR) is 71.1 cm³/mol. The van der Waals surface area contributed by atoms with Crippen LogP contribution < -0.4 is 10.3 Å². The monoisotopic (exact) mass is 264 g/mol. The molecular weight excluding hydrogens is 252 g/mol. The summed E-state index contributed by atoms with van der Waals surface area (Å²) >= 11 is 5.70. The molecule has 0 spiro atoms. The van der Waals surface area contributed by atoms with Crippen LogP contribution in [0.1, 0.15) is 11.1 Å². The molecule has 1 N–H and O–H groups in total. The van der Waals surface area contributed by atoms with Crippen LogP contribution in [0.3, 0.4) is 0 Å². The smallest absolute Gasteiger partial charge is 0.268 e. The van der Waals surface area contributed by atoms with Gasteiger partial charge in [0.15, 0.2) is 0 Å². The third kappa shape index (κ3) is 2.38. The number of rotatable bonds is 3. The van der Waals surface area contributed by atoms with Crippen LogP contribution in [0.25, 0.3) is 11.3 Å². The summed E-state index contributed by atoms with van der Waals surface area (Å²) in [4.78, 5) is 11.4. The Morgan fingerprint density at radius 1 is 1.39 bits per heavy atom. The van der Waals surface area contributed by atoms with Crippen molar-refractivity contribution in [3.05, 3.63) is 45.7 Å². The third-order valence-electron chi connectivity index (χ3n) is 2.72. The minimum absolute atomic E-state index is 0.167. The van der Waals surface area contributed by atoms with E-state index in [1.807, 2.05) is 25.1 Å². The standard InChI is InChI=1S/C13H13ClN2O2/c1-8-5-9(3-4-12(8)18-2)11-6-10(7-14)13(17)16-15-11/h3-6H,7H2,1-2H3,(H,16,17). The van der Waals surface area contributed by atoms with Gasteiger partial charge < -0.3 is 4.74 Å². The number of halogens is 1. The van der Waals surface area contributed by atoms with Gasteiger partial charge in [-0.25, -0.2) is 5.10 Å². The van der Waals surface area contributed by atoms with Gasteiger partial charge in [-0.05, 0) is 36.8 Å². The summed E-state index contributed by atoms with van der Waals surface area (Å²) in [7, 11) is 1.63. The zero-order valence-corrected chi connectivity index (χ0v) is 10.9. The second-order valence-electron chi connectivity index (χ2n) is 3.93. The first kappa shape index (κ1) is 12.6. The van der Waals surface area contributed by atoms with E-state index in [1.54, 1.807) is 13.2 Å².